The van der Waals surface area contributed by atoms with Crippen molar-refractivity contribution in [2.75, 3.05) is 0 Å². The van der Waals surface area contributed by atoms with Crippen molar-refractivity contribution in [2.24, 2.45) is 7.05 Å². The van der Waals surface area contributed by atoms with Gasteiger partial charge in [-0.1, -0.05) is 41.4 Å². The van der Waals surface area contributed by atoms with Crippen LogP contribution in [0.4, 0.5) is 0 Å². The van der Waals surface area contributed by atoms with Gasteiger partial charge in [-0.3, -0.25) is 9.48 Å². The molecule has 1 aromatic heterocycles. The van der Waals surface area contributed by atoms with Crippen LogP contribution in [0.2, 0.25) is 10.0 Å². The first-order valence-corrected chi connectivity index (χ1v) is 6.75. The largest absolute Gasteiger partial charge is 0.287 e. The van der Waals surface area contributed by atoms with Gasteiger partial charge in [0.2, 0.25) is 5.78 Å². The molecular formula is C15H10Cl2N2O. The van der Waals surface area contributed by atoms with Crippen molar-refractivity contribution >= 4 is 39.9 Å². The van der Waals surface area contributed by atoms with Gasteiger partial charge in [-0.2, -0.15) is 5.10 Å². The molecular weight excluding hydrogens is 295 g/mol. The summed E-state index contributed by atoms with van der Waals surface area (Å²) in [6.07, 6.45) is 0. The number of hydrogen-bond donors (Lipinski definition) is 0. The van der Waals surface area contributed by atoms with Gasteiger partial charge in [0.25, 0.3) is 0 Å². The van der Waals surface area contributed by atoms with Crippen molar-refractivity contribution in [3.8, 4) is 0 Å². The average Bonchev–Trinajstić information content (AvgIpc) is 2.79. The predicted octanol–water partition coefficient (Wildman–Crippen LogP) is 4.11. The van der Waals surface area contributed by atoms with Crippen LogP contribution in [0, 0.1) is 0 Å². The number of fused-ring (bicyclic) bond motifs is 1. The number of ketones is 1. The number of aromatic nitrogens is 2. The molecule has 3 aromatic rings. The highest BCUT2D eigenvalue weighted by molar-refractivity contribution is 6.37. The molecule has 0 aliphatic heterocycles. The number of rotatable bonds is 2. The van der Waals surface area contributed by atoms with E-state index in [1.165, 1.54) is 0 Å². The smallest absolute Gasteiger partial charge is 0.215 e. The van der Waals surface area contributed by atoms with Gasteiger partial charge < -0.3 is 0 Å². The highest BCUT2D eigenvalue weighted by Gasteiger charge is 2.19. The molecule has 2 aromatic carbocycles. The molecule has 3 nitrogen and oxygen atoms in total. The standard InChI is InChI=1S/C15H10Cl2N2O/c1-19-13-5-3-2-4-10(13)14(18-19)15(20)11-8-9(16)6-7-12(11)17/h2-8H,1H3. The minimum atomic E-state index is -0.227. The molecule has 0 aliphatic carbocycles. The quantitative estimate of drug-likeness (QED) is 0.668. The maximum atomic E-state index is 12.6. The molecule has 0 unspecified atom stereocenters. The van der Waals surface area contributed by atoms with Gasteiger partial charge in [0, 0.05) is 23.0 Å². The summed E-state index contributed by atoms with van der Waals surface area (Å²) in [5, 5.41) is 5.94. The third-order valence-corrected chi connectivity index (χ3v) is 3.71. The van der Waals surface area contributed by atoms with Gasteiger partial charge >= 0.3 is 0 Å². The van der Waals surface area contributed by atoms with E-state index in [4.69, 9.17) is 23.2 Å². The number of para-hydroxylation sites is 1. The molecule has 0 fully saturated rings. The zero-order chi connectivity index (χ0) is 14.3. The second kappa shape index (κ2) is 4.93. The van der Waals surface area contributed by atoms with E-state index in [-0.39, 0.29) is 5.78 Å². The Labute approximate surface area is 125 Å². The van der Waals surface area contributed by atoms with Gasteiger partial charge in [0.1, 0.15) is 5.69 Å². The lowest BCUT2D eigenvalue weighted by atomic mass is 10.1. The zero-order valence-corrected chi connectivity index (χ0v) is 12.1. The monoisotopic (exact) mass is 304 g/mol. The second-order valence-corrected chi connectivity index (χ2v) is 5.29. The number of halogens is 2. The van der Waals surface area contributed by atoms with Crippen LogP contribution in [-0.4, -0.2) is 15.6 Å². The van der Waals surface area contributed by atoms with Crippen LogP contribution < -0.4 is 0 Å². The van der Waals surface area contributed by atoms with E-state index in [1.807, 2.05) is 24.3 Å². The van der Waals surface area contributed by atoms with Crippen molar-refractivity contribution in [2.45, 2.75) is 0 Å². The van der Waals surface area contributed by atoms with Gasteiger partial charge in [-0.15, -0.1) is 0 Å². The molecule has 0 saturated heterocycles. The van der Waals surface area contributed by atoms with Gasteiger partial charge in [-0.25, -0.2) is 0 Å². The third kappa shape index (κ3) is 2.09. The van der Waals surface area contributed by atoms with Crippen molar-refractivity contribution < 1.29 is 4.79 Å². The maximum absolute atomic E-state index is 12.6. The highest BCUT2D eigenvalue weighted by Crippen LogP contribution is 2.26. The fourth-order valence-electron chi connectivity index (χ4n) is 2.18. The third-order valence-electron chi connectivity index (χ3n) is 3.15. The Kier molecular flexibility index (Phi) is 3.24. The van der Waals surface area contributed by atoms with Crippen LogP contribution in [0.25, 0.3) is 10.9 Å². The Morgan fingerprint density at radius 1 is 1.15 bits per heavy atom. The van der Waals surface area contributed by atoms with E-state index in [0.717, 1.165) is 10.9 Å². The van der Waals surface area contributed by atoms with Crippen LogP contribution in [-0.2, 0) is 7.05 Å². The number of benzene rings is 2. The molecule has 0 N–H and O–H groups in total. The Morgan fingerprint density at radius 2 is 1.90 bits per heavy atom. The number of aryl methyl sites for hydroxylation is 1. The number of hydrogen-bond acceptors (Lipinski definition) is 2. The maximum Gasteiger partial charge on any atom is 0.215 e. The molecule has 1 heterocycles. The Morgan fingerprint density at radius 3 is 2.70 bits per heavy atom. The summed E-state index contributed by atoms with van der Waals surface area (Å²) in [5.41, 5.74) is 1.64. The van der Waals surface area contributed by atoms with Crippen molar-refractivity contribution in [1.29, 1.82) is 0 Å². The molecule has 3 rings (SSSR count). The van der Waals surface area contributed by atoms with Crippen LogP contribution in [0.15, 0.2) is 42.5 Å². The van der Waals surface area contributed by atoms with Crippen molar-refractivity contribution in [1.82, 2.24) is 9.78 Å². The van der Waals surface area contributed by atoms with Gasteiger partial charge in [-0.05, 0) is 24.3 Å². The molecule has 0 saturated carbocycles. The van der Waals surface area contributed by atoms with Crippen LogP contribution >= 0.6 is 23.2 Å². The summed E-state index contributed by atoms with van der Waals surface area (Å²) in [6, 6.07) is 12.4. The van der Waals surface area contributed by atoms with Crippen LogP contribution in [0.5, 0.6) is 0 Å². The number of carbonyl (C=O) groups is 1. The summed E-state index contributed by atoms with van der Waals surface area (Å²) < 4.78 is 1.68. The first-order valence-electron chi connectivity index (χ1n) is 5.99. The fourth-order valence-corrected chi connectivity index (χ4v) is 2.56. The molecule has 20 heavy (non-hydrogen) atoms. The zero-order valence-electron chi connectivity index (χ0n) is 10.6. The van der Waals surface area contributed by atoms with E-state index >= 15 is 0 Å². The van der Waals surface area contributed by atoms with E-state index in [0.29, 0.717) is 21.3 Å². The minimum Gasteiger partial charge on any atom is -0.287 e. The van der Waals surface area contributed by atoms with E-state index in [2.05, 4.69) is 5.10 Å². The lowest BCUT2D eigenvalue weighted by Gasteiger charge is -2.02. The highest BCUT2D eigenvalue weighted by atomic mass is 35.5. The first kappa shape index (κ1) is 13.2. The normalized spacial score (nSPS) is 10.9. The SMILES string of the molecule is Cn1nc(C(=O)c2cc(Cl)ccc2Cl)c2ccccc21. The lowest BCUT2D eigenvalue weighted by Crippen LogP contribution is -2.04. The van der Waals surface area contributed by atoms with Crippen LogP contribution in [0.3, 0.4) is 0 Å². The predicted molar refractivity (Wildman–Crippen MR) is 80.6 cm³/mol. The molecule has 5 heteroatoms. The second-order valence-electron chi connectivity index (χ2n) is 4.44. The Balaban J connectivity index is 2.20. The van der Waals surface area contributed by atoms with Gasteiger partial charge in [0.15, 0.2) is 0 Å². The van der Waals surface area contributed by atoms with Crippen molar-refractivity contribution in [3.05, 3.63) is 63.8 Å². The minimum absolute atomic E-state index is 0.227. The van der Waals surface area contributed by atoms with E-state index in [9.17, 15) is 4.79 Å². The van der Waals surface area contributed by atoms with Crippen LogP contribution in [0.1, 0.15) is 16.1 Å². The fraction of sp³-hybridized carbons (Fsp3) is 0.0667. The molecule has 0 atom stereocenters. The summed E-state index contributed by atoms with van der Waals surface area (Å²) in [6.45, 7) is 0. The molecule has 0 amide bonds. The molecule has 0 spiro atoms. The number of carbonyl (C=O) groups excluding carboxylic acids is 1. The lowest BCUT2D eigenvalue weighted by molar-refractivity contribution is 0.103. The van der Waals surface area contributed by atoms with E-state index < -0.39 is 0 Å². The Hall–Kier alpha value is -1.84. The summed E-state index contributed by atoms with van der Waals surface area (Å²) in [5.74, 6) is -0.227. The first-order chi connectivity index (χ1) is 9.58. The topological polar surface area (TPSA) is 34.9 Å². The summed E-state index contributed by atoms with van der Waals surface area (Å²) in [7, 11) is 1.80. The molecule has 0 radical (unpaired) electrons. The van der Waals surface area contributed by atoms with Gasteiger partial charge in [0.05, 0.1) is 10.5 Å². The Bertz CT molecular complexity index is 824. The van der Waals surface area contributed by atoms with Crippen molar-refractivity contribution in [3.63, 3.8) is 0 Å². The summed E-state index contributed by atoms with van der Waals surface area (Å²) in [4.78, 5) is 12.6. The summed E-state index contributed by atoms with van der Waals surface area (Å²) >= 11 is 12.0. The number of nitrogens with zero attached hydrogens (tertiary/aromatic N) is 2. The molecule has 100 valence electrons. The van der Waals surface area contributed by atoms with E-state index in [1.54, 1.807) is 29.9 Å². The molecule has 0 bridgehead atoms. The average molecular weight is 305 g/mol. The molecule has 0 aliphatic rings.